The van der Waals surface area contributed by atoms with E-state index in [0.717, 1.165) is 42.1 Å². The summed E-state index contributed by atoms with van der Waals surface area (Å²) in [6, 6.07) is 1.39. The molecule has 2 saturated carbocycles. The molecule has 2 aliphatic carbocycles. The molecule has 0 radical (unpaired) electrons. The summed E-state index contributed by atoms with van der Waals surface area (Å²) in [5.74, 6) is -1.84. The molecule has 2 heterocycles. The second-order valence-electron chi connectivity index (χ2n) is 8.07. The highest BCUT2D eigenvalue weighted by atomic mass is 19.2. The lowest BCUT2D eigenvalue weighted by atomic mass is 9.78. The molecule has 146 valence electrons. The van der Waals surface area contributed by atoms with Crippen LogP contribution in [0.2, 0.25) is 0 Å². The van der Waals surface area contributed by atoms with Crippen LogP contribution in [0.15, 0.2) is 30.7 Å². The van der Waals surface area contributed by atoms with Crippen LogP contribution in [0.1, 0.15) is 61.4 Å². The van der Waals surface area contributed by atoms with Crippen LogP contribution in [0.3, 0.4) is 0 Å². The van der Waals surface area contributed by atoms with E-state index in [1.165, 1.54) is 0 Å². The molecule has 3 atom stereocenters. The van der Waals surface area contributed by atoms with E-state index in [-0.39, 0.29) is 23.6 Å². The number of nitrogens with two attached hydrogens (primary N) is 1. The van der Waals surface area contributed by atoms with Gasteiger partial charge in [-0.15, -0.1) is 0 Å². The van der Waals surface area contributed by atoms with Gasteiger partial charge in [0.15, 0.2) is 11.6 Å². The topological polar surface area (TPSA) is 56.7 Å². The smallest absolute Gasteiger partial charge is 0.161 e. The van der Waals surface area contributed by atoms with Gasteiger partial charge in [0.25, 0.3) is 0 Å². The molecular formula is C21H21F3N4. The summed E-state index contributed by atoms with van der Waals surface area (Å²) in [5.41, 5.74) is 7.44. The quantitative estimate of drug-likeness (QED) is 0.672. The first-order valence-corrected chi connectivity index (χ1v) is 9.73. The van der Waals surface area contributed by atoms with Crippen molar-refractivity contribution in [1.82, 2.24) is 14.5 Å². The van der Waals surface area contributed by atoms with Gasteiger partial charge < -0.3 is 10.3 Å². The lowest BCUT2D eigenvalue weighted by Gasteiger charge is -2.35. The Bertz CT molecular complexity index is 1040. The molecule has 2 N–H and O–H groups in total. The summed E-state index contributed by atoms with van der Waals surface area (Å²) in [5, 5.41) is 0.992. The van der Waals surface area contributed by atoms with E-state index in [0.29, 0.717) is 24.8 Å². The van der Waals surface area contributed by atoms with E-state index in [1.54, 1.807) is 0 Å². The van der Waals surface area contributed by atoms with Crippen molar-refractivity contribution in [3.05, 3.63) is 59.6 Å². The Morgan fingerprint density at radius 1 is 0.964 bits per heavy atom. The normalized spacial score (nSPS) is 25.4. The highest BCUT2D eigenvalue weighted by Gasteiger charge is 2.32. The Morgan fingerprint density at radius 2 is 1.75 bits per heavy atom. The standard InChI is InChI=1S/C21H21F3N4/c22-16-7-18(24)17(23)6-15(16)14-4-3-13(5-19(14)25)28-9-12-8-26-21(11-1-2-11)27-20(12)10-28/h6-11,13-14,19H,1-5,25H2/t13-,14?,19-/m0/s1. The summed E-state index contributed by atoms with van der Waals surface area (Å²) in [6.45, 7) is 0. The van der Waals surface area contributed by atoms with Crippen molar-refractivity contribution < 1.29 is 13.2 Å². The van der Waals surface area contributed by atoms with Crippen LogP contribution in [-0.2, 0) is 0 Å². The van der Waals surface area contributed by atoms with Crippen molar-refractivity contribution in [1.29, 1.82) is 0 Å². The highest BCUT2D eigenvalue weighted by Crippen LogP contribution is 2.40. The van der Waals surface area contributed by atoms with E-state index in [9.17, 15) is 13.2 Å². The lowest BCUT2D eigenvalue weighted by Crippen LogP contribution is -2.36. The zero-order chi connectivity index (χ0) is 19.4. The summed E-state index contributed by atoms with van der Waals surface area (Å²) in [7, 11) is 0. The lowest BCUT2D eigenvalue weighted by molar-refractivity contribution is 0.284. The number of nitrogens with zero attached hydrogens (tertiary/aromatic N) is 3. The van der Waals surface area contributed by atoms with Crippen molar-refractivity contribution in [2.75, 3.05) is 0 Å². The van der Waals surface area contributed by atoms with Gasteiger partial charge in [-0.1, -0.05) is 0 Å². The van der Waals surface area contributed by atoms with Gasteiger partial charge in [-0.25, -0.2) is 23.1 Å². The molecule has 1 unspecified atom stereocenters. The predicted octanol–water partition coefficient (Wildman–Crippen LogP) is 4.56. The molecule has 0 spiro atoms. The molecule has 1 aromatic carbocycles. The number of fused-ring (bicyclic) bond motifs is 1. The fourth-order valence-electron chi connectivity index (χ4n) is 4.37. The molecule has 2 fully saturated rings. The van der Waals surface area contributed by atoms with Crippen LogP contribution < -0.4 is 5.73 Å². The third kappa shape index (κ3) is 3.07. The number of hydrogen-bond acceptors (Lipinski definition) is 3. The Balaban J connectivity index is 1.37. The van der Waals surface area contributed by atoms with Crippen LogP contribution in [0.25, 0.3) is 10.9 Å². The maximum atomic E-state index is 14.2. The number of benzene rings is 1. The average Bonchev–Trinajstić information content (AvgIpc) is 3.43. The molecule has 3 aromatic rings. The number of rotatable bonds is 3. The molecule has 2 aliphatic rings. The first-order valence-electron chi connectivity index (χ1n) is 9.73. The molecule has 4 nitrogen and oxygen atoms in total. The maximum absolute atomic E-state index is 14.2. The highest BCUT2D eigenvalue weighted by molar-refractivity contribution is 5.77. The minimum atomic E-state index is -1.17. The van der Waals surface area contributed by atoms with Crippen molar-refractivity contribution in [3.63, 3.8) is 0 Å². The Hall–Kier alpha value is -2.41. The van der Waals surface area contributed by atoms with E-state index in [2.05, 4.69) is 14.5 Å². The summed E-state index contributed by atoms with van der Waals surface area (Å²) in [4.78, 5) is 9.14. The monoisotopic (exact) mass is 386 g/mol. The molecular weight excluding hydrogens is 365 g/mol. The van der Waals surface area contributed by atoms with Crippen LogP contribution >= 0.6 is 0 Å². The van der Waals surface area contributed by atoms with Gasteiger partial charge in [-0.2, -0.15) is 0 Å². The van der Waals surface area contributed by atoms with E-state index in [1.807, 2.05) is 18.6 Å². The maximum Gasteiger partial charge on any atom is 0.161 e. The zero-order valence-corrected chi connectivity index (χ0v) is 15.3. The Morgan fingerprint density at radius 3 is 2.50 bits per heavy atom. The molecule has 0 saturated heterocycles. The van der Waals surface area contributed by atoms with Gasteiger partial charge in [0, 0.05) is 54.0 Å². The van der Waals surface area contributed by atoms with Crippen molar-refractivity contribution in [3.8, 4) is 0 Å². The second kappa shape index (κ2) is 6.58. The molecule has 2 aromatic heterocycles. The predicted molar refractivity (Wildman–Crippen MR) is 99.4 cm³/mol. The summed E-state index contributed by atoms with van der Waals surface area (Å²) < 4.78 is 43.1. The van der Waals surface area contributed by atoms with E-state index >= 15 is 0 Å². The Labute approximate surface area is 160 Å². The first kappa shape index (κ1) is 17.7. The molecule has 0 amide bonds. The van der Waals surface area contributed by atoms with Crippen molar-refractivity contribution in [2.24, 2.45) is 5.73 Å². The minimum Gasteiger partial charge on any atom is -0.348 e. The summed E-state index contributed by atoms with van der Waals surface area (Å²) in [6.07, 6.45) is 10.3. The van der Waals surface area contributed by atoms with Crippen LogP contribution in [0.4, 0.5) is 13.2 Å². The van der Waals surface area contributed by atoms with Gasteiger partial charge in [-0.3, -0.25) is 0 Å². The van der Waals surface area contributed by atoms with Gasteiger partial charge >= 0.3 is 0 Å². The summed E-state index contributed by atoms with van der Waals surface area (Å²) >= 11 is 0. The average molecular weight is 386 g/mol. The number of halogens is 3. The largest absolute Gasteiger partial charge is 0.348 e. The van der Waals surface area contributed by atoms with Gasteiger partial charge in [0.2, 0.25) is 0 Å². The van der Waals surface area contributed by atoms with Crippen molar-refractivity contribution >= 4 is 10.9 Å². The minimum absolute atomic E-state index is 0.165. The van der Waals surface area contributed by atoms with Crippen molar-refractivity contribution in [2.45, 2.75) is 56.0 Å². The third-order valence-electron chi connectivity index (χ3n) is 6.10. The SMILES string of the molecule is N[C@H]1C[C@@H](n2cc3cnc(C4CC4)nc3c2)CCC1c1cc(F)c(F)cc1F. The molecule has 0 bridgehead atoms. The first-order chi connectivity index (χ1) is 13.5. The molecule has 0 aliphatic heterocycles. The number of aromatic nitrogens is 3. The fraction of sp³-hybridized carbons (Fsp3) is 0.429. The van der Waals surface area contributed by atoms with E-state index in [4.69, 9.17) is 5.73 Å². The second-order valence-corrected chi connectivity index (χ2v) is 8.07. The molecule has 28 heavy (non-hydrogen) atoms. The van der Waals surface area contributed by atoms with E-state index < -0.39 is 17.5 Å². The van der Waals surface area contributed by atoms with Crippen LogP contribution in [0.5, 0.6) is 0 Å². The van der Waals surface area contributed by atoms with Crippen LogP contribution in [-0.4, -0.2) is 20.6 Å². The van der Waals surface area contributed by atoms with Gasteiger partial charge in [-0.05, 0) is 43.7 Å². The number of hydrogen-bond donors (Lipinski definition) is 1. The van der Waals surface area contributed by atoms with Gasteiger partial charge in [0.05, 0.1) is 5.52 Å². The van der Waals surface area contributed by atoms with Gasteiger partial charge in [0.1, 0.15) is 11.6 Å². The zero-order valence-electron chi connectivity index (χ0n) is 15.3. The fourth-order valence-corrected chi connectivity index (χ4v) is 4.37. The molecule has 7 heteroatoms. The molecule has 5 rings (SSSR count). The Kier molecular flexibility index (Phi) is 4.16. The van der Waals surface area contributed by atoms with Crippen LogP contribution in [0, 0.1) is 17.5 Å². The third-order valence-corrected chi connectivity index (χ3v) is 6.10.